The second kappa shape index (κ2) is 8.03. The number of amides is 2. The molecule has 0 saturated carbocycles. The molecule has 0 spiro atoms. The Balaban J connectivity index is 1.44. The number of thioether (sulfide) groups is 1. The summed E-state index contributed by atoms with van der Waals surface area (Å²) in [7, 11) is 0. The Kier molecular flexibility index (Phi) is 5.79. The molecular weight excluding hydrogens is 322 g/mol. The van der Waals surface area contributed by atoms with Gasteiger partial charge in [0.25, 0.3) is 0 Å². The van der Waals surface area contributed by atoms with E-state index in [-0.39, 0.29) is 23.9 Å². The maximum Gasteiger partial charge on any atom is 0.240 e. The quantitative estimate of drug-likeness (QED) is 0.862. The fourth-order valence-electron chi connectivity index (χ4n) is 3.28. The molecule has 1 atom stereocenters. The molecule has 1 unspecified atom stereocenters. The van der Waals surface area contributed by atoms with Crippen molar-refractivity contribution in [2.75, 3.05) is 24.7 Å². The zero-order chi connectivity index (χ0) is 16.9. The van der Waals surface area contributed by atoms with Gasteiger partial charge in [-0.05, 0) is 30.9 Å². The highest BCUT2D eigenvalue weighted by molar-refractivity contribution is 7.99. The van der Waals surface area contributed by atoms with Crippen LogP contribution in [0, 0.1) is 6.92 Å². The molecule has 130 valence electrons. The molecule has 0 bridgehead atoms. The van der Waals surface area contributed by atoms with Crippen LogP contribution >= 0.6 is 11.8 Å². The molecule has 0 radical (unpaired) electrons. The van der Waals surface area contributed by atoms with Crippen LogP contribution in [-0.2, 0) is 16.0 Å². The Morgan fingerprint density at radius 3 is 2.71 bits per heavy atom. The Hall–Kier alpha value is -1.53. The summed E-state index contributed by atoms with van der Waals surface area (Å²) >= 11 is 1.77. The molecule has 3 rings (SSSR count). The van der Waals surface area contributed by atoms with Crippen molar-refractivity contribution >= 4 is 23.6 Å². The molecule has 2 fully saturated rings. The molecular formula is C18H25N3O2S. The fourth-order valence-corrected chi connectivity index (χ4v) is 4.21. The number of rotatable bonds is 4. The van der Waals surface area contributed by atoms with Gasteiger partial charge in [-0.25, -0.2) is 0 Å². The second-order valence-corrected chi connectivity index (χ2v) is 7.57. The summed E-state index contributed by atoms with van der Waals surface area (Å²) < 4.78 is 0. The van der Waals surface area contributed by atoms with Crippen LogP contribution in [0.15, 0.2) is 24.3 Å². The largest absolute Gasteiger partial charge is 0.353 e. The normalized spacial score (nSPS) is 21.7. The van der Waals surface area contributed by atoms with Gasteiger partial charge < -0.3 is 10.2 Å². The fraction of sp³-hybridized carbons (Fsp3) is 0.556. The number of hydrogen-bond acceptors (Lipinski definition) is 4. The highest BCUT2D eigenvalue weighted by atomic mass is 32.2. The van der Waals surface area contributed by atoms with Crippen LogP contribution in [0.25, 0.3) is 0 Å². The Morgan fingerprint density at radius 1 is 1.29 bits per heavy atom. The van der Waals surface area contributed by atoms with E-state index in [2.05, 4.69) is 10.6 Å². The summed E-state index contributed by atoms with van der Waals surface area (Å²) in [6.45, 7) is 3.50. The number of hydrogen-bond donors (Lipinski definition) is 2. The first-order valence-corrected chi connectivity index (χ1v) is 9.73. The van der Waals surface area contributed by atoms with Crippen molar-refractivity contribution in [3.8, 4) is 0 Å². The third-order valence-corrected chi connectivity index (χ3v) is 5.74. The van der Waals surface area contributed by atoms with Gasteiger partial charge >= 0.3 is 0 Å². The number of carbonyl (C=O) groups excluding carboxylic acids is 2. The van der Waals surface area contributed by atoms with E-state index in [1.165, 1.54) is 0 Å². The summed E-state index contributed by atoms with van der Waals surface area (Å²) in [5.41, 5.74) is 2.22. The van der Waals surface area contributed by atoms with Gasteiger partial charge in [0.05, 0.1) is 12.5 Å². The first kappa shape index (κ1) is 17.3. The number of piperidine rings is 1. The molecule has 1 aromatic rings. The van der Waals surface area contributed by atoms with Crippen molar-refractivity contribution < 1.29 is 9.59 Å². The average Bonchev–Trinajstić information content (AvgIpc) is 3.11. The number of likely N-dealkylation sites (tertiary alicyclic amines) is 1. The lowest BCUT2D eigenvalue weighted by Crippen LogP contribution is -2.51. The monoisotopic (exact) mass is 347 g/mol. The van der Waals surface area contributed by atoms with E-state index < -0.39 is 0 Å². The molecule has 24 heavy (non-hydrogen) atoms. The number of nitrogens with zero attached hydrogens (tertiary/aromatic N) is 1. The van der Waals surface area contributed by atoms with Crippen molar-refractivity contribution in [1.82, 2.24) is 15.5 Å². The predicted octanol–water partition coefficient (Wildman–Crippen LogP) is 1.31. The highest BCUT2D eigenvalue weighted by Gasteiger charge is 2.30. The number of benzene rings is 1. The lowest BCUT2D eigenvalue weighted by molar-refractivity contribution is -0.133. The van der Waals surface area contributed by atoms with Gasteiger partial charge in [-0.2, -0.15) is 0 Å². The van der Waals surface area contributed by atoms with E-state index in [4.69, 9.17) is 0 Å². The lowest BCUT2D eigenvalue weighted by Gasteiger charge is -2.33. The SMILES string of the molecule is Cc1ccccc1CC(=O)NC1CCN(C(=O)C2CSCN2)CC1. The first-order valence-electron chi connectivity index (χ1n) is 8.57. The van der Waals surface area contributed by atoms with Crippen LogP contribution < -0.4 is 10.6 Å². The third kappa shape index (κ3) is 4.30. The molecule has 6 heteroatoms. The van der Waals surface area contributed by atoms with Crippen LogP contribution in [0.1, 0.15) is 24.0 Å². The van der Waals surface area contributed by atoms with Crippen molar-refractivity contribution in [1.29, 1.82) is 0 Å². The molecule has 2 amide bonds. The lowest BCUT2D eigenvalue weighted by atomic mass is 10.0. The molecule has 2 aliphatic heterocycles. The van der Waals surface area contributed by atoms with Gasteiger partial charge in [0.2, 0.25) is 11.8 Å². The number of aryl methyl sites for hydroxylation is 1. The minimum absolute atomic E-state index is 0.0257. The van der Waals surface area contributed by atoms with E-state index in [1.54, 1.807) is 11.8 Å². The standard InChI is InChI=1S/C18H25N3O2S/c1-13-4-2-3-5-14(13)10-17(22)20-15-6-8-21(9-7-15)18(23)16-11-24-12-19-16/h2-5,15-16,19H,6-12H2,1H3,(H,20,22). The molecule has 2 saturated heterocycles. The van der Waals surface area contributed by atoms with E-state index in [9.17, 15) is 9.59 Å². The van der Waals surface area contributed by atoms with Crippen molar-refractivity contribution in [3.05, 3.63) is 35.4 Å². The molecule has 2 heterocycles. The van der Waals surface area contributed by atoms with Gasteiger partial charge in [0, 0.05) is 30.8 Å². The molecule has 0 aliphatic carbocycles. The summed E-state index contributed by atoms with van der Waals surface area (Å²) in [4.78, 5) is 26.6. The van der Waals surface area contributed by atoms with E-state index in [1.807, 2.05) is 36.1 Å². The molecule has 1 aromatic carbocycles. The highest BCUT2D eigenvalue weighted by Crippen LogP contribution is 2.16. The Morgan fingerprint density at radius 2 is 2.04 bits per heavy atom. The number of nitrogens with one attached hydrogen (secondary N) is 2. The van der Waals surface area contributed by atoms with Gasteiger partial charge in [-0.1, -0.05) is 24.3 Å². The molecule has 0 aromatic heterocycles. The zero-order valence-corrected chi connectivity index (χ0v) is 14.9. The average molecular weight is 347 g/mol. The second-order valence-electron chi connectivity index (χ2n) is 6.54. The van der Waals surface area contributed by atoms with Gasteiger partial charge in [-0.3, -0.25) is 14.9 Å². The van der Waals surface area contributed by atoms with E-state index in [0.29, 0.717) is 6.42 Å². The van der Waals surface area contributed by atoms with E-state index in [0.717, 1.165) is 48.7 Å². The first-order chi connectivity index (χ1) is 11.6. The van der Waals surface area contributed by atoms with Crippen LogP contribution in [0.2, 0.25) is 0 Å². The van der Waals surface area contributed by atoms with Crippen molar-refractivity contribution in [2.45, 2.75) is 38.3 Å². The summed E-state index contributed by atoms with van der Waals surface area (Å²) in [5, 5.41) is 6.36. The van der Waals surface area contributed by atoms with Crippen LogP contribution in [0.3, 0.4) is 0 Å². The van der Waals surface area contributed by atoms with Crippen LogP contribution in [0.4, 0.5) is 0 Å². The summed E-state index contributed by atoms with van der Waals surface area (Å²) in [5.74, 6) is 2.01. The van der Waals surface area contributed by atoms with E-state index >= 15 is 0 Å². The topological polar surface area (TPSA) is 61.4 Å². The summed E-state index contributed by atoms with van der Waals surface area (Å²) in [6.07, 6.45) is 2.10. The van der Waals surface area contributed by atoms with Crippen LogP contribution in [-0.4, -0.2) is 53.5 Å². The minimum Gasteiger partial charge on any atom is -0.353 e. The van der Waals surface area contributed by atoms with Crippen molar-refractivity contribution in [2.24, 2.45) is 0 Å². The smallest absolute Gasteiger partial charge is 0.240 e. The third-order valence-electron chi connectivity index (χ3n) is 4.80. The maximum atomic E-state index is 12.4. The maximum absolute atomic E-state index is 12.4. The van der Waals surface area contributed by atoms with Crippen molar-refractivity contribution in [3.63, 3.8) is 0 Å². The number of carbonyl (C=O) groups is 2. The zero-order valence-electron chi connectivity index (χ0n) is 14.1. The summed E-state index contributed by atoms with van der Waals surface area (Å²) in [6, 6.07) is 8.14. The van der Waals surface area contributed by atoms with Gasteiger partial charge in [0.1, 0.15) is 0 Å². The van der Waals surface area contributed by atoms with Gasteiger partial charge in [0.15, 0.2) is 0 Å². The molecule has 5 nitrogen and oxygen atoms in total. The molecule has 2 N–H and O–H groups in total. The van der Waals surface area contributed by atoms with Gasteiger partial charge in [-0.15, -0.1) is 11.8 Å². The predicted molar refractivity (Wildman–Crippen MR) is 96.9 cm³/mol. The Labute approximate surface area is 147 Å². The Bertz CT molecular complexity index is 594. The van der Waals surface area contributed by atoms with Crippen LogP contribution in [0.5, 0.6) is 0 Å². The molecule has 2 aliphatic rings. The minimum atomic E-state index is -0.0257.